The van der Waals surface area contributed by atoms with Gasteiger partial charge in [0.15, 0.2) is 0 Å². The summed E-state index contributed by atoms with van der Waals surface area (Å²) in [5.74, 6) is 0.898. The second kappa shape index (κ2) is 8.18. The summed E-state index contributed by atoms with van der Waals surface area (Å²) in [5, 5.41) is 9.52. The second-order valence-corrected chi connectivity index (χ2v) is 11.1. The van der Waals surface area contributed by atoms with Crippen molar-refractivity contribution < 1.29 is 19.2 Å². The third-order valence-electron chi connectivity index (χ3n) is 8.66. The fourth-order valence-corrected chi connectivity index (χ4v) is 7.58. The maximum atomic E-state index is 13.0. The molecule has 4 aliphatic carbocycles. The van der Waals surface area contributed by atoms with Gasteiger partial charge in [-0.2, -0.15) is 0 Å². The first kappa shape index (κ1) is 21.8. The van der Waals surface area contributed by atoms with Crippen LogP contribution in [0.1, 0.15) is 78.5 Å². The van der Waals surface area contributed by atoms with Crippen LogP contribution in [0, 0.1) is 17.8 Å². The van der Waals surface area contributed by atoms with Gasteiger partial charge in [0.2, 0.25) is 11.8 Å². The van der Waals surface area contributed by atoms with Crippen LogP contribution in [-0.4, -0.2) is 53.2 Å². The number of nitrogens with one attached hydrogen (secondary N) is 3. The van der Waals surface area contributed by atoms with Crippen molar-refractivity contribution in [3.05, 3.63) is 29.3 Å². The minimum Gasteiger partial charge on any atom is -0.385 e. The first-order chi connectivity index (χ1) is 16.4. The van der Waals surface area contributed by atoms with E-state index < -0.39 is 23.8 Å². The summed E-state index contributed by atoms with van der Waals surface area (Å²) in [6.07, 6.45) is 9.64. The minimum atomic E-state index is -0.933. The summed E-state index contributed by atoms with van der Waals surface area (Å²) >= 11 is 0. The number of benzene rings is 1. The summed E-state index contributed by atoms with van der Waals surface area (Å²) in [6.45, 7) is 1.75. The first-order valence-corrected chi connectivity index (χ1v) is 12.8. The zero-order valence-corrected chi connectivity index (χ0v) is 19.4. The van der Waals surface area contributed by atoms with Crippen molar-refractivity contribution in [2.75, 3.05) is 18.4 Å². The van der Waals surface area contributed by atoms with Crippen LogP contribution < -0.4 is 16.0 Å². The van der Waals surface area contributed by atoms with Gasteiger partial charge < -0.3 is 10.6 Å². The van der Waals surface area contributed by atoms with Crippen LogP contribution in [0.4, 0.5) is 5.69 Å². The van der Waals surface area contributed by atoms with Crippen molar-refractivity contribution in [3.8, 4) is 0 Å². The Morgan fingerprint density at radius 2 is 1.59 bits per heavy atom. The van der Waals surface area contributed by atoms with Crippen LogP contribution >= 0.6 is 0 Å². The number of anilines is 1. The van der Waals surface area contributed by atoms with Gasteiger partial charge in [0.25, 0.3) is 11.8 Å². The molecule has 5 fully saturated rings. The Hall–Kier alpha value is -2.74. The molecule has 180 valence electrons. The number of hydrogen-bond donors (Lipinski definition) is 3. The lowest BCUT2D eigenvalue weighted by Gasteiger charge is -2.57. The zero-order chi connectivity index (χ0) is 23.4. The number of hydrogen-bond acceptors (Lipinski definition) is 6. The summed E-state index contributed by atoms with van der Waals surface area (Å²) < 4.78 is 0. The Labute approximate surface area is 199 Å². The lowest BCUT2D eigenvalue weighted by Crippen LogP contribution is -2.58. The van der Waals surface area contributed by atoms with Gasteiger partial charge in [-0.3, -0.25) is 29.4 Å². The standard InChI is InChI=1S/C26H32N4O4/c31-22-5-4-21(23(32)29-22)30-24(33)19-3-2-18(11-20(19)25(30)34)27-6-1-7-28-26-12-15-8-16(13-26)10-17(9-15)14-26/h2-3,11,15-17,21,27-28H,1,4-10,12-14H2,(H,29,31,32). The molecule has 0 aromatic heterocycles. The van der Waals surface area contributed by atoms with Crippen molar-refractivity contribution in [1.82, 2.24) is 15.5 Å². The van der Waals surface area contributed by atoms with Gasteiger partial charge >= 0.3 is 0 Å². The smallest absolute Gasteiger partial charge is 0.262 e. The molecular formula is C26H32N4O4. The van der Waals surface area contributed by atoms with Gasteiger partial charge in [0.1, 0.15) is 6.04 Å². The Morgan fingerprint density at radius 1 is 0.912 bits per heavy atom. The number of piperidine rings is 1. The second-order valence-electron chi connectivity index (χ2n) is 11.1. The molecule has 1 saturated heterocycles. The van der Waals surface area contributed by atoms with Crippen molar-refractivity contribution in [2.45, 2.75) is 69.4 Å². The fourth-order valence-electron chi connectivity index (χ4n) is 7.58. The van der Waals surface area contributed by atoms with E-state index in [0.29, 0.717) is 16.7 Å². The highest BCUT2D eigenvalue weighted by atomic mass is 16.2. The van der Waals surface area contributed by atoms with Crippen LogP contribution in [0.3, 0.4) is 0 Å². The van der Waals surface area contributed by atoms with Crippen LogP contribution in [0.15, 0.2) is 18.2 Å². The predicted octanol–water partition coefficient (Wildman–Crippen LogP) is 2.45. The number of nitrogens with zero attached hydrogens (tertiary/aromatic N) is 1. The molecular weight excluding hydrogens is 432 g/mol. The molecule has 4 saturated carbocycles. The summed E-state index contributed by atoms with van der Waals surface area (Å²) in [6, 6.07) is 4.23. The van der Waals surface area contributed by atoms with Crippen LogP contribution in [0.2, 0.25) is 0 Å². The SMILES string of the molecule is O=C1CCC(N2C(=O)c3ccc(NCCCNC45CC6CC(CC(C6)C4)C5)cc3C2=O)C(=O)N1. The molecule has 2 heterocycles. The topological polar surface area (TPSA) is 108 Å². The molecule has 1 atom stereocenters. The molecule has 2 aliphatic heterocycles. The van der Waals surface area contributed by atoms with E-state index >= 15 is 0 Å². The van der Waals surface area contributed by atoms with E-state index in [1.165, 1.54) is 38.5 Å². The third kappa shape index (κ3) is 3.72. The maximum Gasteiger partial charge on any atom is 0.262 e. The molecule has 3 N–H and O–H groups in total. The summed E-state index contributed by atoms with van der Waals surface area (Å²) in [7, 11) is 0. The maximum absolute atomic E-state index is 13.0. The summed E-state index contributed by atoms with van der Waals surface area (Å²) in [5.41, 5.74) is 1.78. The normalized spacial score (nSPS) is 33.9. The van der Waals surface area contributed by atoms with Gasteiger partial charge in [0, 0.05) is 24.2 Å². The van der Waals surface area contributed by atoms with Crippen LogP contribution in [-0.2, 0) is 9.59 Å². The molecule has 4 bridgehead atoms. The highest BCUT2D eigenvalue weighted by Gasteiger charge is 2.50. The van der Waals surface area contributed by atoms with Gasteiger partial charge in [-0.15, -0.1) is 0 Å². The number of fused-ring (bicyclic) bond motifs is 1. The first-order valence-electron chi connectivity index (χ1n) is 12.8. The van der Waals surface area contributed by atoms with Crippen LogP contribution in [0.25, 0.3) is 0 Å². The number of rotatable bonds is 7. The molecule has 0 radical (unpaired) electrons. The molecule has 1 aromatic carbocycles. The highest BCUT2D eigenvalue weighted by Crippen LogP contribution is 2.55. The largest absolute Gasteiger partial charge is 0.385 e. The van der Waals surface area contributed by atoms with E-state index in [1.807, 2.05) is 6.07 Å². The van der Waals surface area contributed by atoms with Gasteiger partial charge in [-0.1, -0.05) is 0 Å². The molecule has 6 aliphatic rings. The third-order valence-corrected chi connectivity index (χ3v) is 8.66. The monoisotopic (exact) mass is 464 g/mol. The average molecular weight is 465 g/mol. The van der Waals surface area contributed by atoms with E-state index in [0.717, 1.165) is 47.9 Å². The molecule has 8 heteroatoms. The Balaban J connectivity index is 1.03. The molecule has 4 amide bonds. The van der Waals surface area contributed by atoms with Gasteiger partial charge in [-0.25, -0.2) is 0 Å². The molecule has 1 unspecified atom stereocenters. The summed E-state index contributed by atoms with van der Waals surface area (Å²) in [4.78, 5) is 50.4. The highest BCUT2D eigenvalue weighted by molar-refractivity contribution is 6.23. The van der Waals surface area contributed by atoms with Crippen molar-refractivity contribution in [2.24, 2.45) is 17.8 Å². The number of imide groups is 2. The number of carbonyl (C=O) groups excluding carboxylic acids is 4. The zero-order valence-electron chi connectivity index (χ0n) is 19.4. The van der Waals surface area contributed by atoms with E-state index in [-0.39, 0.29) is 18.7 Å². The lowest BCUT2D eigenvalue weighted by molar-refractivity contribution is -0.136. The number of amides is 4. The molecule has 8 nitrogen and oxygen atoms in total. The molecule has 0 spiro atoms. The predicted molar refractivity (Wildman–Crippen MR) is 125 cm³/mol. The van der Waals surface area contributed by atoms with Gasteiger partial charge in [-0.05, 0) is 93.9 Å². The van der Waals surface area contributed by atoms with Gasteiger partial charge in [0.05, 0.1) is 11.1 Å². The van der Waals surface area contributed by atoms with Crippen LogP contribution in [0.5, 0.6) is 0 Å². The fraction of sp³-hybridized carbons (Fsp3) is 0.615. The van der Waals surface area contributed by atoms with Crippen molar-refractivity contribution in [3.63, 3.8) is 0 Å². The quantitative estimate of drug-likeness (QED) is 0.423. The minimum absolute atomic E-state index is 0.119. The van der Waals surface area contributed by atoms with E-state index in [4.69, 9.17) is 0 Å². The number of carbonyl (C=O) groups is 4. The lowest BCUT2D eigenvalue weighted by atomic mass is 9.53. The van der Waals surface area contributed by atoms with E-state index in [9.17, 15) is 19.2 Å². The molecule has 1 aromatic rings. The molecule has 34 heavy (non-hydrogen) atoms. The Morgan fingerprint density at radius 3 is 2.26 bits per heavy atom. The van der Waals surface area contributed by atoms with Crippen molar-refractivity contribution >= 4 is 29.3 Å². The average Bonchev–Trinajstić information content (AvgIpc) is 3.02. The van der Waals surface area contributed by atoms with Crippen molar-refractivity contribution in [1.29, 1.82) is 0 Å². The van der Waals surface area contributed by atoms with E-state index in [2.05, 4.69) is 16.0 Å². The van der Waals surface area contributed by atoms with E-state index in [1.54, 1.807) is 12.1 Å². The Bertz CT molecular complexity index is 1030. The molecule has 7 rings (SSSR count). The Kier molecular flexibility index (Phi) is 5.24.